The van der Waals surface area contributed by atoms with Crippen molar-refractivity contribution in [2.24, 2.45) is 17.3 Å². The molecule has 0 radical (unpaired) electrons. The third-order valence-corrected chi connectivity index (χ3v) is 4.12. The highest BCUT2D eigenvalue weighted by molar-refractivity contribution is 5.12. The predicted molar refractivity (Wildman–Crippen MR) is 46.6 cm³/mol. The Hall–Kier alpha value is -0.0800. The second-order valence-electron chi connectivity index (χ2n) is 5.35. The van der Waals surface area contributed by atoms with Crippen molar-refractivity contribution in [2.75, 3.05) is 0 Å². The van der Waals surface area contributed by atoms with E-state index in [1.54, 1.807) is 6.92 Å². The standard InChI is InChI=1S/C10H18O2/c1-9(2)6-4-8(11)10(3,12)5-7(6)9/h6-8,11-12H,4-5H2,1-3H3/t6-,7-,8+,10-/m0/s1. The van der Waals surface area contributed by atoms with Crippen molar-refractivity contribution in [1.29, 1.82) is 0 Å². The maximum atomic E-state index is 9.82. The molecule has 0 saturated heterocycles. The highest BCUT2D eigenvalue weighted by Crippen LogP contribution is 2.66. The molecule has 0 amide bonds. The first-order valence-electron chi connectivity index (χ1n) is 4.76. The summed E-state index contributed by atoms with van der Waals surface area (Å²) in [5, 5.41) is 19.4. The summed E-state index contributed by atoms with van der Waals surface area (Å²) < 4.78 is 0. The van der Waals surface area contributed by atoms with Crippen molar-refractivity contribution in [3.63, 3.8) is 0 Å². The van der Waals surface area contributed by atoms with Gasteiger partial charge in [0.25, 0.3) is 0 Å². The van der Waals surface area contributed by atoms with Crippen LogP contribution in [0.1, 0.15) is 33.6 Å². The zero-order valence-corrected chi connectivity index (χ0v) is 8.04. The molecule has 12 heavy (non-hydrogen) atoms. The van der Waals surface area contributed by atoms with Crippen LogP contribution in [0.2, 0.25) is 0 Å². The van der Waals surface area contributed by atoms with E-state index >= 15 is 0 Å². The van der Waals surface area contributed by atoms with Crippen LogP contribution in [0, 0.1) is 17.3 Å². The lowest BCUT2D eigenvalue weighted by molar-refractivity contribution is -0.0892. The molecule has 2 fully saturated rings. The van der Waals surface area contributed by atoms with Gasteiger partial charge in [-0.05, 0) is 37.0 Å². The van der Waals surface area contributed by atoms with Gasteiger partial charge >= 0.3 is 0 Å². The summed E-state index contributed by atoms with van der Waals surface area (Å²) in [6.07, 6.45) is 1.04. The van der Waals surface area contributed by atoms with E-state index in [-0.39, 0.29) is 0 Å². The molecule has 0 aliphatic heterocycles. The zero-order valence-electron chi connectivity index (χ0n) is 8.04. The third kappa shape index (κ3) is 0.944. The van der Waals surface area contributed by atoms with E-state index in [2.05, 4.69) is 13.8 Å². The van der Waals surface area contributed by atoms with E-state index in [0.29, 0.717) is 17.3 Å². The number of rotatable bonds is 0. The molecule has 0 aromatic rings. The van der Waals surface area contributed by atoms with E-state index in [4.69, 9.17) is 0 Å². The SMILES string of the molecule is CC1(C)[C@H]2C[C@@H](O)[C@@](C)(O)C[C@@H]21. The average Bonchev–Trinajstić information content (AvgIpc) is 2.37. The van der Waals surface area contributed by atoms with E-state index < -0.39 is 11.7 Å². The summed E-state index contributed by atoms with van der Waals surface area (Å²) in [5.74, 6) is 1.28. The molecule has 4 atom stereocenters. The van der Waals surface area contributed by atoms with Crippen LogP contribution in [-0.4, -0.2) is 21.9 Å². The molecule has 0 aromatic carbocycles. The van der Waals surface area contributed by atoms with Crippen LogP contribution in [0.15, 0.2) is 0 Å². The second-order valence-corrected chi connectivity index (χ2v) is 5.35. The largest absolute Gasteiger partial charge is 0.390 e. The Balaban J connectivity index is 2.14. The second kappa shape index (κ2) is 2.05. The summed E-state index contributed by atoms with van der Waals surface area (Å²) in [6.45, 7) is 6.22. The fraction of sp³-hybridized carbons (Fsp3) is 1.00. The van der Waals surface area contributed by atoms with Crippen LogP contribution in [0.3, 0.4) is 0 Å². The Labute approximate surface area is 73.6 Å². The van der Waals surface area contributed by atoms with Crippen LogP contribution in [0.25, 0.3) is 0 Å². The molecule has 0 bridgehead atoms. The number of aliphatic hydroxyl groups excluding tert-OH is 1. The monoisotopic (exact) mass is 170 g/mol. The van der Waals surface area contributed by atoms with Gasteiger partial charge in [-0.3, -0.25) is 0 Å². The molecular formula is C10H18O2. The van der Waals surface area contributed by atoms with Crippen LogP contribution in [-0.2, 0) is 0 Å². The third-order valence-electron chi connectivity index (χ3n) is 4.12. The number of hydrogen-bond acceptors (Lipinski definition) is 2. The fourth-order valence-electron chi connectivity index (χ4n) is 2.81. The van der Waals surface area contributed by atoms with Crippen molar-refractivity contribution in [3.8, 4) is 0 Å². The van der Waals surface area contributed by atoms with Crippen LogP contribution >= 0.6 is 0 Å². The van der Waals surface area contributed by atoms with Crippen molar-refractivity contribution < 1.29 is 10.2 Å². The minimum absolute atomic E-state index is 0.363. The summed E-state index contributed by atoms with van der Waals surface area (Å²) in [7, 11) is 0. The molecule has 2 rings (SSSR count). The lowest BCUT2D eigenvalue weighted by atomic mass is 9.84. The van der Waals surface area contributed by atoms with Crippen molar-refractivity contribution in [1.82, 2.24) is 0 Å². The molecule has 2 N–H and O–H groups in total. The molecule has 0 unspecified atom stereocenters. The van der Waals surface area contributed by atoms with E-state index in [9.17, 15) is 10.2 Å². The normalized spacial score (nSPS) is 56.2. The number of fused-ring (bicyclic) bond motifs is 1. The Morgan fingerprint density at radius 3 is 2.25 bits per heavy atom. The molecule has 0 aromatic heterocycles. The number of aliphatic hydroxyl groups is 2. The lowest BCUT2D eigenvalue weighted by Crippen LogP contribution is -2.42. The fourth-order valence-corrected chi connectivity index (χ4v) is 2.81. The molecule has 2 saturated carbocycles. The summed E-state index contributed by atoms with van der Waals surface area (Å²) >= 11 is 0. The maximum absolute atomic E-state index is 9.82. The smallest absolute Gasteiger partial charge is 0.0880 e. The van der Waals surface area contributed by atoms with Gasteiger partial charge in [0, 0.05) is 0 Å². The van der Waals surface area contributed by atoms with Gasteiger partial charge in [0.15, 0.2) is 0 Å². The van der Waals surface area contributed by atoms with Crippen LogP contribution < -0.4 is 0 Å². The van der Waals surface area contributed by atoms with Crippen molar-refractivity contribution in [3.05, 3.63) is 0 Å². The van der Waals surface area contributed by atoms with Gasteiger partial charge in [-0.2, -0.15) is 0 Å². The van der Waals surface area contributed by atoms with E-state index in [1.807, 2.05) is 0 Å². The van der Waals surface area contributed by atoms with Crippen LogP contribution in [0.5, 0.6) is 0 Å². The zero-order chi connectivity index (χ0) is 9.15. The van der Waals surface area contributed by atoms with Gasteiger partial charge in [-0.25, -0.2) is 0 Å². The Morgan fingerprint density at radius 1 is 1.17 bits per heavy atom. The summed E-state index contributed by atoms with van der Waals surface area (Å²) in [6, 6.07) is 0. The Bertz CT molecular complexity index is 208. The summed E-state index contributed by atoms with van der Waals surface area (Å²) in [5.41, 5.74) is -0.476. The van der Waals surface area contributed by atoms with Gasteiger partial charge in [0.1, 0.15) is 0 Å². The minimum atomic E-state index is -0.838. The molecule has 0 heterocycles. The average molecular weight is 170 g/mol. The molecule has 2 nitrogen and oxygen atoms in total. The van der Waals surface area contributed by atoms with Gasteiger partial charge < -0.3 is 10.2 Å². The minimum Gasteiger partial charge on any atom is -0.390 e. The lowest BCUT2D eigenvalue weighted by Gasteiger charge is -2.32. The molecular weight excluding hydrogens is 152 g/mol. The first kappa shape index (κ1) is 8.52. The molecule has 2 aliphatic rings. The van der Waals surface area contributed by atoms with Crippen LogP contribution in [0.4, 0.5) is 0 Å². The topological polar surface area (TPSA) is 40.5 Å². The Morgan fingerprint density at radius 2 is 1.75 bits per heavy atom. The highest BCUT2D eigenvalue weighted by Gasteiger charge is 2.63. The van der Waals surface area contributed by atoms with Gasteiger partial charge in [-0.15, -0.1) is 0 Å². The molecule has 2 aliphatic carbocycles. The Kier molecular flexibility index (Phi) is 1.45. The van der Waals surface area contributed by atoms with Crippen molar-refractivity contribution in [2.45, 2.75) is 45.3 Å². The van der Waals surface area contributed by atoms with Gasteiger partial charge in [-0.1, -0.05) is 13.8 Å². The van der Waals surface area contributed by atoms with E-state index in [1.165, 1.54) is 0 Å². The quantitative estimate of drug-likeness (QED) is 0.573. The van der Waals surface area contributed by atoms with Crippen molar-refractivity contribution >= 4 is 0 Å². The summed E-state index contributed by atoms with van der Waals surface area (Å²) in [4.78, 5) is 0. The molecule has 2 heteroatoms. The predicted octanol–water partition coefficient (Wildman–Crippen LogP) is 1.16. The van der Waals surface area contributed by atoms with E-state index in [0.717, 1.165) is 12.8 Å². The molecule has 70 valence electrons. The molecule has 0 spiro atoms. The first-order chi connectivity index (χ1) is 5.36. The highest BCUT2D eigenvalue weighted by atomic mass is 16.3. The van der Waals surface area contributed by atoms with Gasteiger partial charge in [0.05, 0.1) is 11.7 Å². The number of hydrogen-bond donors (Lipinski definition) is 2. The van der Waals surface area contributed by atoms with Gasteiger partial charge in [0.2, 0.25) is 0 Å². The maximum Gasteiger partial charge on any atom is 0.0880 e. The first-order valence-corrected chi connectivity index (χ1v) is 4.76.